The van der Waals surface area contributed by atoms with Gasteiger partial charge in [0.05, 0.1) is 5.56 Å². The van der Waals surface area contributed by atoms with Crippen LogP contribution in [-0.4, -0.2) is 36.3 Å². The van der Waals surface area contributed by atoms with E-state index in [0.717, 1.165) is 43.8 Å². The lowest BCUT2D eigenvalue weighted by Gasteiger charge is -2.38. The van der Waals surface area contributed by atoms with Gasteiger partial charge >= 0.3 is 0 Å². The molecule has 2 amide bonds. The molecule has 5 nitrogen and oxygen atoms in total. The lowest BCUT2D eigenvalue weighted by Crippen LogP contribution is -2.44. The molecule has 114 valence electrons. The van der Waals surface area contributed by atoms with Gasteiger partial charge < -0.3 is 14.6 Å². The first-order valence-electron chi connectivity index (χ1n) is 7.54. The zero-order chi connectivity index (χ0) is 15.2. The Balaban J connectivity index is 1.72. The summed E-state index contributed by atoms with van der Waals surface area (Å²) in [5, 5.41) is 2.92. The molecule has 0 unspecified atom stereocenters. The number of amides is 2. The average Bonchev–Trinajstić information content (AvgIpc) is 2.91. The van der Waals surface area contributed by atoms with Crippen molar-refractivity contribution in [1.82, 2.24) is 10.2 Å². The van der Waals surface area contributed by atoms with E-state index in [1.807, 2.05) is 25.7 Å². The van der Waals surface area contributed by atoms with Crippen molar-refractivity contribution < 1.29 is 14.0 Å². The molecule has 1 aromatic rings. The van der Waals surface area contributed by atoms with Gasteiger partial charge in [-0.15, -0.1) is 0 Å². The van der Waals surface area contributed by atoms with Crippen LogP contribution >= 0.6 is 0 Å². The van der Waals surface area contributed by atoms with Gasteiger partial charge in [0.1, 0.15) is 11.5 Å². The second-order valence-electron chi connectivity index (χ2n) is 6.46. The fourth-order valence-corrected chi connectivity index (χ4v) is 3.56. The SMILES string of the molecule is Cc1oc(C)c(C(=O)N2CCC3(CC2)CNC(=O)C3)c1C. The first-order valence-corrected chi connectivity index (χ1v) is 7.54. The maximum Gasteiger partial charge on any atom is 0.257 e. The highest BCUT2D eigenvalue weighted by Gasteiger charge is 2.42. The van der Waals surface area contributed by atoms with E-state index in [1.54, 1.807) is 0 Å². The minimum Gasteiger partial charge on any atom is -0.466 e. The highest BCUT2D eigenvalue weighted by atomic mass is 16.3. The van der Waals surface area contributed by atoms with Crippen LogP contribution in [-0.2, 0) is 4.79 Å². The summed E-state index contributed by atoms with van der Waals surface area (Å²) in [5.74, 6) is 1.73. The van der Waals surface area contributed by atoms with Gasteiger partial charge in [0.2, 0.25) is 5.91 Å². The minimum atomic E-state index is 0.0639. The summed E-state index contributed by atoms with van der Waals surface area (Å²) in [7, 11) is 0. The maximum absolute atomic E-state index is 12.7. The van der Waals surface area contributed by atoms with Crippen LogP contribution in [0.3, 0.4) is 0 Å². The fourth-order valence-electron chi connectivity index (χ4n) is 3.56. The Morgan fingerprint density at radius 1 is 1.19 bits per heavy atom. The number of aryl methyl sites for hydroxylation is 2. The molecule has 3 heterocycles. The summed E-state index contributed by atoms with van der Waals surface area (Å²) in [5.41, 5.74) is 1.73. The molecule has 1 spiro atoms. The number of carbonyl (C=O) groups is 2. The molecule has 0 aromatic carbocycles. The number of hydrogen-bond donors (Lipinski definition) is 1. The summed E-state index contributed by atoms with van der Waals surface area (Å²) < 4.78 is 5.56. The first-order chi connectivity index (χ1) is 9.92. The summed E-state index contributed by atoms with van der Waals surface area (Å²) in [6.07, 6.45) is 2.40. The molecule has 2 aliphatic rings. The van der Waals surface area contributed by atoms with Crippen molar-refractivity contribution in [3.05, 3.63) is 22.6 Å². The zero-order valence-electron chi connectivity index (χ0n) is 12.9. The van der Waals surface area contributed by atoms with Crippen LogP contribution in [0.4, 0.5) is 0 Å². The Labute approximate surface area is 124 Å². The second kappa shape index (κ2) is 4.90. The molecule has 2 fully saturated rings. The quantitative estimate of drug-likeness (QED) is 0.860. The Morgan fingerprint density at radius 3 is 2.33 bits per heavy atom. The van der Waals surface area contributed by atoms with Crippen molar-refractivity contribution in [3.63, 3.8) is 0 Å². The number of nitrogens with zero attached hydrogens (tertiary/aromatic N) is 1. The van der Waals surface area contributed by atoms with Crippen molar-refractivity contribution in [2.24, 2.45) is 5.41 Å². The molecular weight excluding hydrogens is 268 g/mol. The summed E-state index contributed by atoms with van der Waals surface area (Å²) >= 11 is 0. The molecular formula is C16H22N2O3. The molecule has 1 aromatic heterocycles. The predicted molar refractivity (Wildman–Crippen MR) is 78.1 cm³/mol. The predicted octanol–water partition coefficient (Wildman–Crippen LogP) is 1.95. The number of furan rings is 1. The smallest absolute Gasteiger partial charge is 0.257 e. The summed E-state index contributed by atoms with van der Waals surface area (Å²) in [6.45, 7) is 7.87. The minimum absolute atomic E-state index is 0.0639. The van der Waals surface area contributed by atoms with Crippen LogP contribution in [0.2, 0.25) is 0 Å². The van der Waals surface area contributed by atoms with Crippen LogP contribution in [0.25, 0.3) is 0 Å². The van der Waals surface area contributed by atoms with E-state index in [4.69, 9.17) is 4.42 Å². The van der Waals surface area contributed by atoms with Crippen LogP contribution in [0, 0.1) is 26.2 Å². The Kier molecular flexibility index (Phi) is 3.30. The van der Waals surface area contributed by atoms with E-state index >= 15 is 0 Å². The lowest BCUT2D eigenvalue weighted by molar-refractivity contribution is -0.119. The number of hydrogen-bond acceptors (Lipinski definition) is 3. The third-order valence-corrected chi connectivity index (χ3v) is 5.08. The average molecular weight is 290 g/mol. The molecule has 1 N–H and O–H groups in total. The van der Waals surface area contributed by atoms with Gasteiger partial charge in [0.25, 0.3) is 5.91 Å². The van der Waals surface area contributed by atoms with Crippen LogP contribution in [0.1, 0.15) is 46.7 Å². The van der Waals surface area contributed by atoms with Gasteiger partial charge in [0, 0.05) is 31.6 Å². The maximum atomic E-state index is 12.7. The van der Waals surface area contributed by atoms with Crippen molar-refractivity contribution in [1.29, 1.82) is 0 Å². The molecule has 3 rings (SSSR count). The molecule has 0 aliphatic carbocycles. The number of nitrogens with one attached hydrogen (secondary N) is 1. The fraction of sp³-hybridized carbons (Fsp3) is 0.625. The van der Waals surface area contributed by atoms with E-state index < -0.39 is 0 Å². The summed E-state index contributed by atoms with van der Waals surface area (Å²) in [6, 6.07) is 0. The Hall–Kier alpha value is -1.78. The zero-order valence-corrected chi connectivity index (χ0v) is 12.9. The van der Waals surface area contributed by atoms with E-state index in [0.29, 0.717) is 17.7 Å². The van der Waals surface area contributed by atoms with Crippen LogP contribution in [0.15, 0.2) is 4.42 Å². The van der Waals surface area contributed by atoms with E-state index in [2.05, 4.69) is 5.32 Å². The normalized spacial score (nSPS) is 20.9. The van der Waals surface area contributed by atoms with Crippen molar-refractivity contribution in [3.8, 4) is 0 Å². The van der Waals surface area contributed by atoms with E-state index in [1.165, 1.54) is 0 Å². The second-order valence-corrected chi connectivity index (χ2v) is 6.46. The molecule has 2 aliphatic heterocycles. The number of carbonyl (C=O) groups excluding carboxylic acids is 2. The van der Waals surface area contributed by atoms with Gasteiger partial charge in [-0.2, -0.15) is 0 Å². The van der Waals surface area contributed by atoms with Crippen LogP contribution < -0.4 is 5.32 Å². The van der Waals surface area contributed by atoms with E-state index in [-0.39, 0.29) is 17.2 Å². The van der Waals surface area contributed by atoms with Gasteiger partial charge in [0.15, 0.2) is 0 Å². The number of likely N-dealkylation sites (tertiary alicyclic amines) is 1. The van der Waals surface area contributed by atoms with E-state index in [9.17, 15) is 9.59 Å². The molecule has 21 heavy (non-hydrogen) atoms. The Bertz CT molecular complexity index is 595. The molecule has 5 heteroatoms. The largest absolute Gasteiger partial charge is 0.466 e. The third kappa shape index (κ3) is 2.34. The number of rotatable bonds is 1. The van der Waals surface area contributed by atoms with Crippen molar-refractivity contribution in [2.45, 2.75) is 40.0 Å². The topological polar surface area (TPSA) is 62.6 Å². The highest BCUT2D eigenvalue weighted by Crippen LogP contribution is 2.38. The molecule has 0 radical (unpaired) electrons. The van der Waals surface area contributed by atoms with Gasteiger partial charge in [-0.3, -0.25) is 9.59 Å². The van der Waals surface area contributed by atoms with Crippen LogP contribution in [0.5, 0.6) is 0 Å². The first kappa shape index (κ1) is 14.2. The lowest BCUT2D eigenvalue weighted by atomic mass is 9.77. The molecule has 0 bridgehead atoms. The van der Waals surface area contributed by atoms with Gasteiger partial charge in [-0.1, -0.05) is 0 Å². The molecule has 2 saturated heterocycles. The molecule has 0 atom stereocenters. The van der Waals surface area contributed by atoms with Gasteiger partial charge in [-0.05, 0) is 39.0 Å². The van der Waals surface area contributed by atoms with Crippen molar-refractivity contribution >= 4 is 11.8 Å². The summed E-state index contributed by atoms with van der Waals surface area (Å²) in [4.78, 5) is 26.0. The third-order valence-electron chi connectivity index (χ3n) is 5.08. The Morgan fingerprint density at radius 2 is 1.86 bits per heavy atom. The highest BCUT2D eigenvalue weighted by molar-refractivity contribution is 5.97. The molecule has 0 saturated carbocycles. The standard InChI is InChI=1S/C16H22N2O3/c1-10-11(2)21-12(3)14(10)15(20)18-6-4-16(5-7-18)8-13(19)17-9-16/h4-9H2,1-3H3,(H,17,19). The van der Waals surface area contributed by atoms with Crippen molar-refractivity contribution in [2.75, 3.05) is 19.6 Å². The monoisotopic (exact) mass is 290 g/mol. The van der Waals surface area contributed by atoms with Gasteiger partial charge in [-0.25, -0.2) is 0 Å². The number of piperidine rings is 1.